The summed E-state index contributed by atoms with van der Waals surface area (Å²) in [4.78, 5) is 24.6. The van der Waals surface area contributed by atoms with Gasteiger partial charge in [0.1, 0.15) is 0 Å². The van der Waals surface area contributed by atoms with Crippen molar-refractivity contribution in [3.63, 3.8) is 0 Å². The first kappa shape index (κ1) is 23.3. The lowest BCUT2D eigenvalue weighted by atomic mass is 10.2. The molecule has 1 N–H and O–H groups in total. The van der Waals surface area contributed by atoms with Crippen molar-refractivity contribution in [1.82, 2.24) is 14.8 Å². The zero-order valence-corrected chi connectivity index (χ0v) is 19.6. The van der Waals surface area contributed by atoms with Crippen LogP contribution in [0.3, 0.4) is 0 Å². The largest absolute Gasteiger partial charge is 0.465 e. The summed E-state index contributed by atoms with van der Waals surface area (Å²) in [5.41, 5.74) is 1.58. The number of para-hydroxylation sites is 1. The summed E-state index contributed by atoms with van der Waals surface area (Å²) in [7, 11) is 1.30. The molecule has 2 aromatic carbocycles. The molecule has 0 aliphatic carbocycles. The maximum atomic E-state index is 12.6. The Morgan fingerprint density at radius 1 is 1.21 bits per heavy atom. The molecule has 4 rings (SSSR count). The third kappa shape index (κ3) is 5.73. The van der Waals surface area contributed by atoms with Crippen LogP contribution in [0.2, 0.25) is 5.02 Å². The fraction of sp³-hybridized carbons (Fsp3) is 0.304. The van der Waals surface area contributed by atoms with E-state index in [0.29, 0.717) is 33.8 Å². The van der Waals surface area contributed by atoms with Crippen LogP contribution in [0.25, 0.3) is 11.4 Å². The molecule has 33 heavy (non-hydrogen) atoms. The maximum Gasteiger partial charge on any atom is 0.339 e. The number of esters is 1. The molecule has 1 atom stereocenters. The average Bonchev–Trinajstić information content (AvgIpc) is 3.48. The molecule has 0 bridgehead atoms. The first-order valence-electron chi connectivity index (χ1n) is 10.5. The normalized spacial score (nSPS) is 15.4. The monoisotopic (exact) mass is 486 g/mol. The van der Waals surface area contributed by atoms with Crippen LogP contribution in [0.4, 0.5) is 5.69 Å². The predicted molar refractivity (Wildman–Crippen MR) is 127 cm³/mol. The predicted octanol–water partition coefficient (Wildman–Crippen LogP) is 4.29. The molecule has 8 nitrogen and oxygen atoms in total. The second-order valence-electron chi connectivity index (χ2n) is 7.43. The van der Waals surface area contributed by atoms with Gasteiger partial charge in [0, 0.05) is 17.2 Å². The summed E-state index contributed by atoms with van der Waals surface area (Å²) < 4.78 is 12.6. The van der Waals surface area contributed by atoms with Gasteiger partial charge in [0.2, 0.25) is 5.91 Å². The zero-order valence-electron chi connectivity index (χ0n) is 18.0. The molecule has 172 valence electrons. The maximum absolute atomic E-state index is 12.6. The Kier molecular flexibility index (Phi) is 7.64. The molecule has 1 aliphatic heterocycles. The van der Waals surface area contributed by atoms with Crippen LogP contribution in [0.1, 0.15) is 23.2 Å². The summed E-state index contributed by atoms with van der Waals surface area (Å²) in [5, 5.41) is 12.7. The minimum atomic E-state index is -0.512. The van der Waals surface area contributed by atoms with Gasteiger partial charge in [-0.05, 0) is 49.2 Å². The van der Waals surface area contributed by atoms with Gasteiger partial charge < -0.3 is 14.8 Å². The Bertz CT molecular complexity index is 1130. The van der Waals surface area contributed by atoms with Gasteiger partial charge in [-0.2, -0.15) is 0 Å². The van der Waals surface area contributed by atoms with Crippen molar-refractivity contribution in [2.75, 3.05) is 24.8 Å². The molecule has 1 saturated heterocycles. The fourth-order valence-electron chi connectivity index (χ4n) is 3.56. The van der Waals surface area contributed by atoms with E-state index in [1.807, 2.05) is 16.7 Å². The molecule has 10 heteroatoms. The van der Waals surface area contributed by atoms with E-state index in [0.717, 1.165) is 25.0 Å². The molecule has 0 saturated carbocycles. The first-order valence-corrected chi connectivity index (χ1v) is 11.8. The number of nitrogens with zero attached hydrogens (tertiary/aromatic N) is 3. The molecule has 3 aromatic rings. The van der Waals surface area contributed by atoms with Gasteiger partial charge in [0.25, 0.3) is 0 Å². The average molecular weight is 487 g/mol. The molecule has 0 spiro atoms. The summed E-state index contributed by atoms with van der Waals surface area (Å²) >= 11 is 7.31. The van der Waals surface area contributed by atoms with Gasteiger partial charge >= 0.3 is 5.97 Å². The lowest BCUT2D eigenvalue weighted by Crippen LogP contribution is -2.19. The molecular weight excluding hydrogens is 464 g/mol. The number of benzene rings is 2. The number of nitrogens with one attached hydrogen (secondary N) is 1. The quantitative estimate of drug-likeness (QED) is 0.374. The number of thioether (sulfide) groups is 1. The number of anilines is 1. The van der Waals surface area contributed by atoms with Crippen molar-refractivity contribution in [2.45, 2.75) is 30.6 Å². The van der Waals surface area contributed by atoms with Gasteiger partial charge in [0.05, 0.1) is 36.8 Å². The minimum Gasteiger partial charge on any atom is -0.465 e. The summed E-state index contributed by atoms with van der Waals surface area (Å²) in [6.45, 7) is 1.34. The van der Waals surface area contributed by atoms with Crippen molar-refractivity contribution in [1.29, 1.82) is 0 Å². The van der Waals surface area contributed by atoms with Crippen LogP contribution in [-0.4, -0.2) is 52.2 Å². The molecule has 1 amide bonds. The number of rotatable bonds is 8. The number of ether oxygens (including phenoxy) is 2. The standard InChI is InChI=1S/C23H23ClN4O4S/c1-31-22(30)18-6-2-3-7-19(18)25-20(29)14-33-23-27-26-21(15-8-10-16(24)11-9-15)28(23)13-17-5-4-12-32-17/h2-3,6-11,17H,4-5,12-14H2,1H3,(H,25,29)/t17-/m1/s1. The topological polar surface area (TPSA) is 95.3 Å². The second kappa shape index (κ2) is 10.8. The van der Waals surface area contributed by atoms with Gasteiger partial charge in [-0.15, -0.1) is 10.2 Å². The van der Waals surface area contributed by atoms with E-state index in [4.69, 9.17) is 21.1 Å². The Hall–Kier alpha value is -2.88. The van der Waals surface area contributed by atoms with Crippen molar-refractivity contribution in [3.05, 3.63) is 59.1 Å². The smallest absolute Gasteiger partial charge is 0.339 e. The summed E-state index contributed by atoms with van der Waals surface area (Å²) in [5.74, 6) is 0.0133. The Labute approximate surface area is 200 Å². The van der Waals surface area contributed by atoms with Crippen molar-refractivity contribution >= 4 is 40.9 Å². The number of aromatic nitrogens is 3. The lowest BCUT2D eigenvalue weighted by molar-refractivity contribution is -0.113. The number of halogens is 1. The van der Waals surface area contributed by atoms with E-state index in [-0.39, 0.29) is 17.8 Å². The Balaban J connectivity index is 1.50. The number of carbonyl (C=O) groups excluding carboxylic acids is 2. The second-order valence-corrected chi connectivity index (χ2v) is 8.81. The molecule has 1 aromatic heterocycles. The number of carbonyl (C=O) groups is 2. The summed E-state index contributed by atoms with van der Waals surface area (Å²) in [6.07, 6.45) is 2.06. The first-order chi connectivity index (χ1) is 16.0. The van der Waals surface area contributed by atoms with Gasteiger partial charge in [-0.1, -0.05) is 35.5 Å². The van der Waals surface area contributed by atoms with Crippen LogP contribution >= 0.6 is 23.4 Å². The number of hydrogen-bond acceptors (Lipinski definition) is 7. The molecule has 0 radical (unpaired) electrons. The third-order valence-electron chi connectivity index (χ3n) is 5.17. The van der Waals surface area contributed by atoms with Crippen LogP contribution in [0.5, 0.6) is 0 Å². The fourth-order valence-corrected chi connectivity index (χ4v) is 4.43. The van der Waals surface area contributed by atoms with Gasteiger partial charge in [-0.25, -0.2) is 4.79 Å². The molecule has 0 unspecified atom stereocenters. The Morgan fingerprint density at radius 2 is 2.00 bits per heavy atom. The van der Waals surface area contributed by atoms with E-state index in [9.17, 15) is 9.59 Å². The molecule has 2 heterocycles. The lowest BCUT2D eigenvalue weighted by Gasteiger charge is -2.15. The van der Waals surface area contributed by atoms with E-state index in [1.165, 1.54) is 18.9 Å². The number of methoxy groups -OCH3 is 1. The molecule has 1 fully saturated rings. The van der Waals surface area contributed by atoms with E-state index < -0.39 is 5.97 Å². The summed E-state index contributed by atoms with van der Waals surface area (Å²) in [6, 6.07) is 14.1. The SMILES string of the molecule is COC(=O)c1ccccc1NC(=O)CSc1nnc(-c2ccc(Cl)cc2)n1C[C@H]1CCCO1. The van der Waals surface area contributed by atoms with E-state index in [1.54, 1.807) is 36.4 Å². The highest BCUT2D eigenvalue weighted by atomic mass is 35.5. The highest BCUT2D eigenvalue weighted by Crippen LogP contribution is 2.27. The Morgan fingerprint density at radius 3 is 2.73 bits per heavy atom. The van der Waals surface area contributed by atoms with Crippen LogP contribution in [0, 0.1) is 0 Å². The third-order valence-corrected chi connectivity index (χ3v) is 6.39. The van der Waals surface area contributed by atoms with Crippen LogP contribution in [-0.2, 0) is 20.8 Å². The van der Waals surface area contributed by atoms with Crippen molar-refractivity contribution in [2.24, 2.45) is 0 Å². The van der Waals surface area contributed by atoms with Crippen LogP contribution in [0.15, 0.2) is 53.7 Å². The zero-order chi connectivity index (χ0) is 23.2. The molecular formula is C23H23ClN4O4S. The number of hydrogen-bond donors (Lipinski definition) is 1. The van der Waals surface area contributed by atoms with Gasteiger partial charge in [-0.3, -0.25) is 9.36 Å². The van der Waals surface area contributed by atoms with E-state index in [2.05, 4.69) is 15.5 Å². The van der Waals surface area contributed by atoms with Crippen molar-refractivity contribution in [3.8, 4) is 11.4 Å². The highest BCUT2D eigenvalue weighted by molar-refractivity contribution is 7.99. The van der Waals surface area contributed by atoms with Gasteiger partial charge in [0.15, 0.2) is 11.0 Å². The van der Waals surface area contributed by atoms with Crippen LogP contribution < -0.4 is 5.32 Å². The van der Waals surface area contributed by atoms with E-state index >= 15 is 0 Å². The number of amides is 1. The highest BCUT2D eigenvalue weighted by Gasteiger charge is 2.22. The van der Waals surface area contributed by atoms with Crippen molar-refractivity contribution < 1.29 is 19.1 Å². The minimum absolute atomic E-state index is 0.0761. The molecule has 1 aliphatic rings.